The van der Waals surface area contributed by atoms with Crippen LogP contribution in [0.3, 0.4) is 0 Å². The third-order valence-corrected chi connectivity index (χ3v) is 4.36. The van der Waals surface area contributed by atoms with Gasteiger partial charge in [-0.25, -0.2) is 14.6 Å². The van der Waals surface area contributed by atoms with Crippen LogP contribution in [0.4, 0.5) is 0 Å². The monoisotopic (exact) mass is 372 g/mol. The van der Waals surface area contributed by atoms with E-state index in [0.29, 0.717) is 16.9 Å². The Bertz CT molecular complexity index is 691. The molecule has 0 aliphatic rings. The van der Waals surface area contributed by atoms with Crippen LogP contribution in [-0.4, -0.2) is 26.9 Å². The molecule has 0 aliphatic carbocycles. The van der Waals surface area contributed by atoms with Crippen molar-refractivity contribution in [3.05, 3.63) is 21.0 Å². The summed E-state index contributed by atoms with van der Waals surface area (Å²) in [5.41, 5.74) is 2.25. The van der Waals surface area contributed by atoms with Gasteiger partial charge in [0.1, 0.15) is 10.7 Å². The first-order valence-electron chi connectivity index (χ1n) is 6.48. The lowest BCUT2D eigenvalue weighted by atomic mass is 9.92. The number of halogens is 2. The van der Waals surface area contributed by atoms with Crippen molar-refractivity contribution in [1.29, 1.82) is 0 Å². The second-order valence-electron chi connectivity index (χ2n) is 5.84. The lowest BCUT2D eigenvalue weighted by Crippen LogP contribution is -2.16. The molecule has 0 aliphatic heterocycles. The van der Waals surface area contributed by atoms with Gasteiger partial charge in [-0.15, -0.1) is 0 Å². The van der Waals surface area contributed by atoms with Gasteiger partial charge in [0.25, 0.3) is 0 Å². The predicted octanol–water partition coefficient (Wildman–Crippen LogP) is 3.91. The Morgan fingerprint density at radius 1 is 1.24 bits per heavy atom. The molecule has 7 heteroatoms. The van der Waals surface area contributed by atoms with Gasteiger partial charge >= 0.3 is 0 Å². The summed E-state index contributed by atoms with van der Waals surface area (Å²) in [7, 11) is 3.42. The number of nitrogens with zero attached hydrogens (tertiary/aromatic N) is 4. The summed E-state index contributed by atoms with van der Waals surface area (Å²) in [6.45, 7) is 8.13. The highest BCUT2D eigenvalue weighted by Gasteiger charge is 2.26. The van der Waals surface area contributed by atoms with E-state index in [1.807, 2.05) is 14.0 Å². The zero-order valence-electron chi connectivity index (χ0n) is 13.0. The molecule has 2 aromatic heterocycles. The number of aryl methyl sites for hydroxylation is 2. The van der Waals surface area contributed by atoms with Gasteiger partial charge in [-0.1, -0.05) is 32.4 Å². The molecule has 2 rings (SSSR count). The Kier molecular flexibility index (Phi) is 4.31. The number of methoxy groups -OCH3 is 1. The van der Waals surface area contributed by atoms with Crippen molar-refractivity contribution >= 4 is 27.5 Å². The summed E-state index contributed by atoms with van der Waals surface area (Å²) in [6.07, 6.45) is 0. The molecule has 114 valence electrons. The molecule has 21 heavy (non-hydrogen) atoms. The van der Waals surface area contributed by atoms with Gasteiger partial charge in [-0.3, -0.25) is 0 Å². The van der Waals surface area contributed by atoms with Crippen molar-refractivity contribution in [2.24, 2.45) is 7.05 Å². The molecule has 0 atom stereocenters. The van der Waals surface area contributed by atoms with Gasteiger partial charge in [0.15, 0.2) is 5.82 Å². The molecule has 0 amide bonds. The van der Waals surface area contributed by atoms with Crippen LogP contribution in [0, 0.1) is 6.92 Å². The van der Waals surface area contributed by atoms with E-state index >= 15 is 0 Å². The van der Waals surface area contributed by atoms with Crippen LogP contribution in [0.15, 0.2) is 4.47 Å². The fourth-order valence-electron chi connectivity index (χ4n) is 2.16. The highest BCUT2D eigenvalue weighted by atomic mass is 79.9. The van der Waals surface area contributed by atoms with E-state index in [0.717, 1.165) is 21.4 Å². The predicted molar refractivity (Wildman–Crippen MR) is 86.9 cm³/mol. The molecule has 0 unspecified atom stereocenters. The van der Waals surface area contributed by atoms with Gasteiger partial charge in [0.05, 0.1) is 23.0 Å². The largest absolute Gasteiger partial charge is 0.481 e. The molecule has 0 saturated heterocycles. The Morgan fingerprint density at radius 3 is 2.38 bits per heavy atom. The maximum atomic E-state index is 6.26. The quantitative estimate of drug-likeness (QED) is 0.749. The summed E-state index contributed by atoms with van der Waals surface area (Å²) in [6, 6.07) is 0. The van der Waals surface area contributed by atoms with Crippen LogP contribution in [0.2, 0.25) is 5.15 Å². The van der Waals surface area contributed by atoms with Crippen molar-refractivity contribution < 1.29 is 4.74 Å². The van der Waals surface area contributed by atoms with Crippen molar-refractivity contribution in [3.63, 3.8) is 0 Å². The van der Waals surface area contributed by atoms with E-state index < -0.39 is 0 Å². The average Bonchev–Trinajstić information content (AvgIpc) is 2.65. The van der Waals surface area contributed by atoms with Crippen LogP contribution >= 0.6 is 27.5 Å². The third-order valence-electron chi connectivity index (χ3n) is 3.11. The molecule has 2 aromatic rings. The first kappa shape index (κ1) is 16.2. The van der Waals surface area contributed by atoms with Crippen molar-refractivity contribution in [2.45, 2.75) is 33.1 Å². The number of hydrogen-bond acceptors (Lipinski definition) is 4. The number of rotatable bonds is 2. The molecule has 0 N–H and O–H groups in total. The molecular weight excluding hydrogens is 356 g/mol. The summed E-state index contributed by atoms with van der Waals surface area (Å²) < 4.78 is 7.80. The minimum Gasteiger partial charge on any atom is -0.481 e. The molecule has 0 bridgehead atoms. The van der Waals surface area contributed by atoms with Crippen molar-refractivity contribution in [1.82, 2.24) is 19.7 Å². The molecule has 0 aromatic carbocycles. The van der Waals surface area contributed by atoms with E-state index in [2.05, 4.69) is 51.8 Å². The Labute approximate surface area is 137 Å². The molecule has 0 spiro atoms. The molecule has 0 fully saturated rings. The topological polar surface area (TPSA) is 52.8 Å². The van der Waals surface area contributed by atoms with E-state index in [1.54, 1.807) is 11.8 Å². The van der Waals surface area contributed by atoms with E-state index in [-0.39, 0.29) is 5.41 Å². The lowest BCUT2D eigenvalue weighted by Gasteiger charge is -2.20. The van der Waals surface area contributed by atoms with E-state index in [4.69, 9.17) is 16.3 Å². The Morgan fingerprint density at radius 2 is 1.86 bits per heavy atom. The third kappa shape index (κ3) is 2.92. The molecule has 2 heterocycles. The zero-order chi connectivity index (χ0) is 15.9. The summed E-state index contributed by atoms with van der Waals surface area (Å²) in [5, 5.41) is 4.74. The SMILES string of the molecule is COc1c(-c2nc(Cl)c(Br)c(C(C)(C)C)n2)c(C)nn1C. The number of hydrogen-bond donors (Lipinski definition) is 0. The zero-order valence-corrected chi connectivity index (χ0v) is 15.3. The molecule has 0 saturated carbocycles. The van der Waals surface area contributed by atoms with Gasteiger partial charge < -0.3 is 4.74 Å². The van der Waals surface area contributed by atoms with Crippen LogP contribution < -0.4 is 4.74 Å². The van der Waals surface area contributed by atoms with E-state index in [9.17, 15) is 0 Å². The number of aromatic nitrogens is 4. The minimum atomic E-state index is -0.163. The summed E-state index contributed by atoms with van der Waals surface area (Å²) >= 11 is 9.74. The maximum Gasteiger partial charge on any atom is 0.222 e. The molecular formula is C14H18BrClN4O. The van der Waals surface area contributed by atoms with Gasteiger partial charge in [-0.05, 0) is 22.9 Å². The van der Waals surface area contributed by atoms with Gasteiger partial charge in [0.2, 0.25) is 5.88 Å². The summed E-state index contributed by atoms with van der Waals surface area (Å²) in [5.74, 6) is 1.14. The van der Waals surface area contributed by atoms with Crippen LogP contribution in [0.1, 0.15) is 32.2 Å². The first-order valence-corrected chi connectivity index (χ1v) is 7.65. The second-order valence-corrected chi connectivity index (χ2v) is 6.99. The van der Waals surface area contributed by atoms with Crippen molar-refractivity contribution in [3.8, 4) is 17.3 Å². The second kappa shape index (κ2) is 5.57. The standard InChI is InChI=1S/C14H18BrClN4O/c1-7-8(13(21-6)20(5)19-7)12-17-10(14(2,3)4)9(15)11(16)18-12/h1-6H3. The van der Waals surface area contributed by atoms with Gasteiger partial charge in [0, 0.05) is 12.5 Å². The number of ether oxygens (including phenoxy) is 1. The Balaban J connectivity index is 2.75. The lowest BCUT2D eigenvalue weighted by molar-refractivity contribution is 0.374. The van der Waals surface area contributed by atoms with E-state index in [1.165, 1.54) is 0 Å². The Hall–Kier alpha value is -1.14. The van der Waals surface area contributed by atoms with Crippen LogP contribution in [0.5, 0.6) is 5.88 Å². The highest BCUT2D eigenvalue weighted by Crippen LogP contribution is 2.37. The fourth-order valence-corrected chi connectivity index (χ4v) is 3.10. The van der Waals surface area contributed by atoms with Gasteiger partial charge in [-0.2, -0.15) is 5.10 Å². The smallest absolute Gasteiger partial charge is 0.222 e. The molecule has 0 radical (unpaired) electrons. The highest BCUT2D eigenvalue weighted by molar-refractivity contribution is 9.10. The molecule has 5 nitrogen and oxygen atoms in total. The van der Waals surface area contributed by atoms with Crippen LogP contribution in [0.25, 0.3) is 11.4 Å². The van der Waals surface area contributed by atoms with Crippen LogP contribution in [-0.2, 0) is 12.5 Å². The normalized spacial score (nSPS) is 11.8. The fraction of sp³-hybridized carbons (Fsp3) is 0.500. The summed E-state index contributed by atoms with van der Waals surface area (Å²) in [4.78, 5) is 9.06. The minimum absolute atomic E-state index is 0.163. The first-order chi connectivity index (χ1) is 9.66. The maximum absolute atomic E-state index is 6.26. The van der Waals surface area contributed by atoms with Crippen molar-refractivity contribution in [2.75, 3.05) is 7.11 Å². The average molecular weight is 374 g/mol.